The number of aliphatic hydroxyl groups is 1. The Balaban J connectivity index is 3.19. The number of aliphatic hydroxyl groups excluding tert-OH is 1. The molecule has 18 heavy (non-hydrogen) atoms. The predicted octanol–water partition coefficient (Wildman–Crippen LogP) is 3.53. The van der Waals surface area contributed by atoms with Crippen molar-refractivity contribution in [3.8, 4) is 11.5 Å². The maximum absolute atomic E-state index is 9.17. The summed E-state index contributed by atoms with van der Waals surface area (Å²) in [7, 11) is 1.56. The summed E-state index contributed by atoms with van der Waals surface area (Å²) in [6.45, 7) is 4.49. The molecule has 3 nitrogen and oxygen atoms in total. The Morgan fingerprint density at radius 3 is 2.61 bits per heavy atom. The maximum atomic E-state index is 9.17. The van der Waals surface area contributed by atoms with Gasteiger partial charge in [0.25, 0.3) is 0 Å². The molecular weight excluding hydrogens is 252 g/mol. The third kappa shape index (κ3) is 3.65. The van der Waals surface area contributed by atoms with Gasteiger partial charge < -0.3 is 14.6 Å². The molecule has 0 aliphatic heterocycles. The van der Waals surface area contributed by atoms with Crippen LogP contribution in [0, 0.1) is 0 Å². The average molecular weight is 271 g/mol. The third-order valence-electron chi connectivity index (χ3n) is 2.56. The van der Waals surface area contributed by atoms with Gasteiger partial charge in [0.2, 0.25) is 0 Å². The Labute approximate surface area is 113 Å². The van der Waals surface area contributed by atoms with Crippen molar-refractivity contribution in [3.63, 3.8) is 0 Å². The van der Waals surface area contributed by atoms with Gasteiger partial charge in [-0.1, -0.05) is 24.6 Å². The Bertz CT molecular complexity index is 421. The first-order valence-electron chi connectivity index (χ1n) is 5.96. The lowest BCUT2D eigenvalue weighted by Gasteiger charge is -2.12. The smallest absolute Gasteiger partial charge is 0.179 e. The van der Waals surface area contributed by atoms with Gasteiger partial charge in [-0.25, -0.2) is 0 Å². The summed E-state index contributed by atoms with van der Waals surface area (Å²) >= 11 is 6.14. The van der Waals surface area contributed by atoms with Crippen molar-refractivity contribution in [2.45, 2.75) is 20.3 Å². The van der Waals surface area contributed by atoms with Crippen LogP contribution in [0.2, 0.25) is 5.02 Å². The lowest BCUT2D eigenvalue weighted by molar-refractivity contribution is 0.311. The van der Waals surface area contributed by atoms with E-state index in [-0.39, 0.29) is 6.61 Å². The van der Waals surface area contributed by atoms with Crippen LogP contribution in [0.1, 0.15) is 25.8 Å². The highest BCUT2D eigenvalue weighted by Crippen LogP contribution is 2.36. The molecule has 0 aliphatic carbocycles. The summed E-state index contributed by atoms with van der Waals surface area (Å²) in [6.07, 6.45) is 2.71. The Kier molecular flexibility index (Phi) is 6.02. The molecule has 0 aromatic heterocycles. The molecule has 0 saturated heterocycles. The fourth-order valence-corrected chi connectivity index (χ4v) is 1.92. The first kappa shape index (κ1) is 14.9. The van der Waals surface area contributed by atoms with Crippen LogP contribution >= 0.6 is 11.6 Å². The van der Waals surface area contributed by atoms with Gasteiger partial charge >= 0.3 is 0 Å². The number of hydrogen-bond acceptors (Lipinski definition) is 3. The minimum Gasteiger partial charge on any atom is -0.491 e. The molecule has 1 rings (SSSR count). The molecule has 0 fully saturated rings. The molecule has 0 unspecified atom stereocenters. The SMILES string of the molecule is CCOc1cc(C=C(CC)CO)cc(Cl)c1OC. The molecule has 1 aromatic rings. The van der Waals surface area contributed by atoms with Crippen LogP contribution in [0.4, 0.5) is 0 Å². The standard InChI is InChI=1S/C14H19ClO3/c1-4-10(9-16)6-11-7-12(15)14(17-3)13(8-11)18-5-2/h6-8,16H,4-5,9H2,1-3H3. The van der Waals surface area contributed by atoms with Crippen molar-refractivity contribution < 1.29 is 14.6 Å². The van der Waals surface area contributed by atoms with Gasteiger partial charge in [0.05, 0.1) is 25.3 Å². The topological polar surface area (TPSA) is 38.7 Å². The Morgan fingerprint density at radius 2 is 2.11 bits per heavy atom. The van der Waals surface area contributed by atoms with Crippen LogP contribution in [0.3, 0.4) is 0 Å². The lowest BCUT2D eigenvalue weighted by atomic mass is 10.1. The van der Waals surface area contributed by atoms with Gasteiger partial charge in [0, 0.05) is 0 Å². The van der Waals surface area contributed by atoms with Crippen LogP contribution in [-0.2, 0) is 0 Å². The van der Waals surface area contributed by atoms with E-state index in [0.29, 0.717) is 23.1 Å². The summed E-state index contributed by atoms with van der Waals surface area (Å²) in [5, 5.41) is 9.68. The molecule has 0 aliphatic rings. The molecule has 0 atom stereocenters. The fourth-order valence-electron chi connectivity index (χ4n) is 1.63. The molecule has 0 saturated carbocycles. The molecule has 1 N–H and O–H groups in total. The van der Waals surface area contributed by atoms with Crippen molar-refractivity contribution in [1.82, 2.24) is 0 Å². The molecule has 100 valence electrons. The molecule has 1 aromatic carbocycles. The second kappa shape index (κ2) is 7.29. The van der Waals surface area contributed by atoms with Crippen molar-refractivity contribution in [3.05, 3.63) is 28.3 Å². The van der Waals surface area contributed by atoms with Crippen LogP contribution < -0.4 is 9.47 Å². The first-order valence-corrected chi connectivity index (χ1v) is 6.34. The van der Waals surface area contributed by atoms with Crippen LogP contribution in [0.25, 0.3) is 6.08 Å². The normalized spacial score (nSPS) is 11.5. The summed E-state index contributed by atoms with van der Waals surface area (Å²) in [5.74, 6) is 1.16. The number of halogens is 1. The summed E-state index contributed by atoms with van der Waals surface area (Å²) in [6, 6.07) is 3.66. The minimum absolute atomic E-state index is 0.0458. The molecular formula is C14H19ClO3. The van der Waals surface area contributed by atoms with E-state index in [1.165, 1.54) is 0 Å². The van der Waals surface area contributed by atoms with Crippen molar-refractivity contribution in [2.75, 3.05) is 20.3 Å². The quantitative estimate of drug-likeness (QED) is 0.859. The Morgan fingerprint density at radius 1 is 1.39 bits per heavy atom. The zero-order chi connectivity index (χ0) is 13.5. The van der Waals surface area contributed by atoms with E-state index < -0.39 is 0 Å². The third-order valence-corrected chi connectivity index (χ3v) is 2.84. The monoisotopic (exact) mass is 270 g/mol. The van der Waals surface area contributed by atoms with Gasteiger partial charge in [-0.2, -0.15) is 0 Å². The van der Waals surface area contributed by atoms with Crippen LogP contribution in [0.5, 0.6) is 11.5 Å². The zero-order valence-electron chi connectivity index (χ0n) is 11.0. The van der Waals surface area contributed by atoms with Crippen molar-refractivity contribution in [2.24, 2.45) is 0 Å². The molecule has 0 spiro atoms. The number of methoxy groups -OCH3 is 1. The number of rotatable bonds is 6. The number of ether oxygens (including phenoxy) is 2. The summed E-state index contributed by atoms with van der Waals surface area (Å²) in [4.78, 5) is 0. The largest absolute Gasteiger partial charge is 0.491 e. The van der Waals surface area contributed by atoms with Gasteiger partial charge in [0.15, 0.2) is 11.5 Å². The van der Waals surface area contributed by atoms with Gasteiger partial charge in [0.1, 0.15) is 0 Å². The summed E-state index contributed by atoms with van der Waals surface area (Å²) < 4.78 is 10.7. The molecule has 0 amide bonds. The van der Waals surface area contributed by atoms with Crippen LogP contribution in [-0.4, -0.2) is 25.4 Å². The lowest BCUT2D eigenvalue weighted by Crippen LogP contribution is -1.97. The van der Waals surface area contributed by atoms with E-state index >= 15 is 0 Å². The predicted molar refractivity (Wildman–Crippen MR) is 74.5 cm³/mol. The van der Waals surface area contributed by atoms with Crippen molar-refractivity contribution >= 4 is 17.7 Å². The summed E-state index contributed by atoms with van der Waals surface area (Å²) in [5.41, 5.74) is 1.84. The average Bonchev–Trinajstić information content (AvgIpc) is 2.36. The molecule has 0 bridgehead atoms. The van der Waals surface area contributed by atoms with E-state index in [1.807, 2.05) is 26.0 Å². The highest BCUT2D eigenvalue weighted by Gasteiger charge is 2.10. The second-order valence-corrected chi connectivity index (χ2v) is 4.19. The van der Waals surface area contributed by atoms with Gasteiger partial charge in [-0.15, -0.1) is 0 Å². The Hall–Kier alpha value is -1.19. The molecule has 0 radical (unpaired) electrons. The zero-order valence-corrected chi connectivity index (χ0v) is 11.8. The van der Waals surface area contributed by atoms with E-state index in [4.69, 9.17) is 21.1 Å². The van der Waals surface area contributed by atoms with Crippen LogP contribution in [0.15, 0.2) is 17.7 Å². The highest BCUT2D eigenvalue weighted by molar-refractivity contribution is 6.32. The maximum Gasteiger partial charge on any atom is 0.179 e. The molecule has 0 heterocycles. The fraction of sp³-hybridized carbons (Fsp3) is 0.429. The number of benzene rings is 1. The van der Waals surface area contributed by atoms with E-state index in [0.717, 1.165) is 17.6 Å². The molecule has 4 heteroatoms. The van der Waals surface area contributed by atoms with Crippen molar-refractivity contribution in [1.29, 1.82) is 0 Å². The number of hydrogen-bond donors (Lipinski definition) is 1. The highest BCUT2D eigenvalue weighted by atomic mass is 35.5. The first-order chi connectivity index (χ1) is 8.65. The van der Waals surface area contributed by atoms with Gasteiger partial charge in [-0.3, -0.25) is 0 Å². The van der Waals surface area contributed by atoms with Gasteiger partial charge in [-0.05, 0) is 36.6 Å². The van der Waals surface area contributed by atoms with E-state index in [1.54, 1.807) is 13.2 Å². The second-order valence-electron chi connectivity index (χ2n) is 3.78. The minimum atomic E-state index is 0.0458. The van der Waals surface area contributed by atoms with E-state index in [9.17, 15) is 5.11 Å². The van der Waals surface area contributed by atoms with E-state index in [2.05, 4.69) is 0 Å².